The molecule has 0 saturated heterocycles. The maximum atomic E-state index is 12.9. The van der Waals surface area contributed by atoms with Crippen molar-refractivity contribution in [3.8, 4) is 0 Å². The van der Waals surface area contributed by atoms with Crippen molar-refractivity contribution in [1.82, 2.24) is 0 Å². The van der Waals surface area contributed by atoms with Gasteiger partial charge in [-0.05, 0) is 43.4 Å². The van der Waals surface area contributed by atoms with Gasteiger partial charge >= 0.3 is 33.9 Å². The van der Waals surface area contributed by atoms with Gasteiger partial charge in [0.2, 0.25) is 5.91 Å². The van der Waals surface area contributed by atoms with Crippen molar-refractivity contribution in [2.75, 3.05) is 11.4 Å². The van der Waals surface area contributed by atoms with Gasteiger partial charge in [0.15, 0.2) is 0 Å². The average Bonchev–Trinajstić information content (AvgIpc) is 2.78. The molecule has 0 atom stereocenters. The first-order valence-corrected chi connectivity index (χ1v) is 9.40. The molecule has 0 unspecified atom stereocenters. The number of carbonyl (C=O) groups is 1. The third kappa shape index (κ3) is 11.0. The number of anilines is 1. The zero-order chi connectivity index (χ0) is 23.7. The number of hydrogen-bond acceptors (Lipinski definition) is 1. The average molecular weight is 460 g/mol. The van der Waals surface area contributed by atoms with E-state index in [1.165, 1.54) is 16.7 Å². The Hall–Kier alpha value is -2.34. The molecule has 0 aromatic heterocycles. The number of para-hydroxylation sites is 1. The molecule has 2 rings (SSSR count). The molecule has 2 aromatic rings. The zero-order valence-corrected chi connectivity index (χ0v) is 20.0. The van der Waals surface area contributed by atoms with Crippen LogP contribution in [-0.4, -0.2) is 12.5 Å². The summed E-state index contributed by atoms with van der Waals surface area (Å²) < 4.78 is 22.5. The van der Waals surface area contributed by atoms with Crippen molar-refractivity contribution in [3.05, 3.63) is 85.2 Å². The summed E-state index contributed by atoms with van der Waals surface area (Å²) in [6, 6.07) is 16.9. The summed E-state index contributed by atoms with van der Waals surface area (Å²) >= 11 is 0. The van der Waals surface area contributed by atoms with E-state index in [0.29, 0.717) is 6.54 Å². The van der Waals surface area contributed by atoms with Crippen LogP contribution in [0.4, 0.5) is 5.69 Å². The Kier molecular flexibility index (Phi) is 19.8. The first-order chi connectivity index (χ1) is 14.3. The smallest absolute Gasteiger partial charge is 0 e. The molecule has 0 heterocycles. The Morgan fingerprint density at radius 1 is 0.871 bits per heavy atom. The SMILES string of the molecule is CCN(C(=O)C(C)(C)C)c1c(C)cccc1CCc1ccccc1.[C-]#[O+].[C-]#[O+].[C-]#[O+].[Cr]. The molecule has 0 bridgehead atoms. The molecule has 2 aromatic carbocycles. The molecule has 164 valence electrons. The van der Waals surface area contributed by atoms with E-state index in [0.717, 1.165) is 18.5 Å². The van der Waals surface area contributed by atoms with Crippen LogP contribution < -0.4 is 4.90 Å². The number of benzene rings is 2. The summed E-state index contributed by atoms with van der Waals surface area (Å²) in [7, 11) is 0. The van der Waals surface area contributed by atoms with Gasteiger partial charge in [0.05, 0.1) is 0 Å². The molecule has 0 aliphatic heterocycles. The van der Waals surface area contributed by atoms with Crippen molar-refractivity contribution in [2.24, 2.45) is 5.41 Å². The topological polar surface area (TPSA) is 80.0 Å². The molecule has 1 amide bonds. The van der Waals surface area contributed by atoms with Gasteiger partial charge in [0.1, 0.15) is 0 Å². The third-order valence-corrected chi connectivity index (χ3v) is 4.32. The van der Waals surface area contributed by atoms with Crippen LogP contribution in [0.25, 0.3) is 0 Å². The fourth-order valence-electron chi connectivity index (χ4n) is 3.04. The zero-order valence-electron chi connectivity index (χ0n) is 18.7. The second kappa shape index (κ2) is 18.4. The van der Waals surface area contributed by atoms with Gasteiger partial charge in [0, 0.05) is 35.0 Å². The molecular weight excluding hydrogens is 430 g/mol. The summed E-state index contributed by atoms with van der Waals surface area (Å²) in [4.78, 5) is 14.9. The predicted octanol–water partition coefficient (Wildman–Crippen LogP) is 5.06. The minimum absolute atomic E-state index is 0. The van der Waals surface area contributed by atoms with E-state index in [1.54, 1.807) is 0 Å². The van der Waals surface area contributed by atoms with Crippen molar-refractivity contribution < 1.29 is 36.1 Å². The molecule has 5 nitrogen and oxygen atoms in total. The Morgan fingerprint density at radius 2 is 1.39 bits per heavy atom. The van der Waals surface area contributed by atoms with E-state index < -0.39 is 0 Å². The Bertz CT molecular complexity index is 807. The number of hydrogen-bond donors (Lipinski definition) is 0. The van der Waals surface area contributed by atoms with Crippen LogP contribution in [0.1, 0.15) is 44.4 Å². The molecule has 0 spiro atoms. The number of amides is 1. The summed E-state index contributed by atoms with van der Waals surface area (Å²) in [5.41, 5.74) is 4.46. The molecular formula is C25H29CrNO4. The molecule has 0 fully saturated rings. The molecule has 0 radical (unpaired) electrons. The normalized spacial score (nSPS) is 9.00. The van der Waals surface area contributed by atoms with Crippen molar-refractivity contribution in [2.45, 2.75) is 47.5 Å². The van der Waals surface area contributed by atoms with Crippen LogP contribution in [0.3, 0.4) is 0 Å². The standard InChI is InChI=1S/C22H29NO.3CO.Cr/c1-6-23(21(24)22(3,4)5)20-17(2)11-10-14-19(20)16-15-18-12-8-7-9-13-18;3*1-2;/h7-14H,6,15-16H2,1-5H3;;;;. The second-order valence-electron chi connectivity index (χ2n) is 7.37. The van der Waals surface area contributed by atoms with Crippen LogP contribution in [0.2, 0.25) is 0 Å². The number of aryl methyl sites for hydroxylation is 3. The largest absolute Gasteiger partial charge is 0 e. The maximum Gasteiger partial charge on any atom is 0 e. The number of nitrogens with zero attached hydrogens (tertiary/aromatic N) is 1. The van der Waals surface area contributed by atoms with Crippen molar-refractivity contribution in [3.63, 3.8) is 0 Å². The molecule has 0 N–H and O–H groups in total. The van der Waals surface area contributed by atoms with Gasteiger partial charge in [-0.15, -0.1) is 0 Å². The minimum atomic E-state index is -0.380. The Balaban J connectivity index is -0.00000103. The monoisotopic (exact) mass is 459 g/mol. The fraction of sp³-hybridized carbons (Fsp3) is 0.360. The second-order valence-corrected chi connectivity index (χ2v) is 7.37. The summed E-state index contributed by atoms with van der Waals surface area (Å²) in [6.45, 7) is 24.3. The number of rotatable bonds is 5. The van der Waals surface area contributed by atoms with Crippen LogP contribution in [-0.2, 0) is 49.0 Å². The first kappa shape index (κ1) is 33.3. The maximum absolute atomic E-state index is 12.9. The molecule has 31 heavy (non-hydrogen) atoms. The van der Waals surface area contributed by atoms with Crippen LogP contribution in [0.15, 0.2) is 48.5 Å². The minimum Gasteiger partial charge on any atom is 0 e. The quantitative estimate of drug-likeness (QED) is 0.454. The van der Waals surface area contributed by atoms with Crippen molar-refractivity contribution in [1.29, 1.82) is 0 Å². The van der Waals surface area contributed by atoms with Gasteiger partial charge < -0.3 is 4.90 Å². The van der Waals surface area contributed by atoms with Gasteiger partial charge in [-0.1, -0.05) is 69.3 Å². The summed E-state index contributed by atoms with van der Waals surface area (Å²) in [5.74, 6) is 0.181. The van der Waals surface area contributed by atoms with E-state index in [1.807, 2.05) is 31.7 Å². The third-order valence-electron chi connectivity index (χ3n) is 4.32. The predicted molar refractivity (Wildman–Crippen MR) is 114 cm³/mol. The van der Waals surface area contributed by atoms with E-state index in [-0.39, 0.29) is 28.7 Å². The first-order valence-electron chi connectivity index (χ1n) is 9.40. The van der Waals surface area contributed by atoms with Gasteiger partial charge in [-0.2, -0.15) is 0 Å². The molecule has 0 aliphatic rings. The Morgan fingerprint density at radius 3 is 1.84 bits per heavy atom. The molecule has 0 aliphatic carbocycles. The summed E-state index contributed by atoms with van der Waals surface area (Å²) in [6.07, 6.45) is 1.92. The van der Waals surface area contributed by atoms with E-state index >= 15 is 0 Å². The molecule has 0 saturated carbocycles. The van der Waals surface area contributed by atoms with E-state index in [4.69, 9.17) is 14.0 Å². The number of carbonyl (C=O) groups excluding carboxylic acids is 1. The van der Waals surface area contributed by atoms with Crippen LogP contribution in [0.5, 0.6) is 0 Å². The van der Waals surface area contributed by atoms with Crippen molar-refractivity contribution >= 4 is 11.6 Å². The van der Waals surface area contributed by atoms with Crippen LogP contribution >= 0.6 is 0 Å². The Labute approximate surface area is 197 Å². The summed E-state index contributed by atoms with van der Waals surface area (Å²) in [5, 5.41) is 0. The van der Waals surface area contributed by atoms with E-state index in [9.17, 15) is 4.79 Å². The van der Waals surface area contributed by atoms with Gasteiger partial charge in [0.25, 0.3) is 0 Å². The van der Waals surface area contributed by atoms with Gasteiger partial charge in [-0.25, -0.2) is 0 Å². The van der Waals surface area contributed by atoms with Crippen LogP contribution in [0, 0.1) is 32.3 Å². The fourth-order valence-corrected chi connectivity index (χ4v) is 3.04. The van der Waals surface area contributed by atoms with E-state index in [2.05, 4.69) is 76.3 Å². The van der Waals surface area contributed by atoms with Gasteiger partial charge in [-0.3, -0.25) is 4.79 Å². The molecule has 6 heteroatoms.